The van der Waals surface area contributed by atoms with Crippen LogP contribution in [-0.2, 0) is 0 Å². The van der Waals surface area contributed by atoms with Gasteiger partial charge in [-0.1, -0.05) is 18.2 Å². The summed E-state index contributed by atoms with van der Waals surface area (Å²) in [6.45, 7) is 4.40. The lowest BCUT2D eigenvalue weighted by Gasteiger charge is -2.48. The quantitative estimate of drug-likeness (QED) is 0.841. The molecule has 4 atom stereocenters. The molecule has 24 heavy (non-hydrogen) atoms. The molecule has 3 aliphatic heterocycles. The molecule has 3 aliphatic rings. The molecule has 0 spiro atoms. The van der Waals surface area contributed by atoms with Gasteiger partial charge in [0.2, 0.25) is 0 Å². The van der Waals surface area contributed by atoms with E-state index in [4.69, 9.17) is 5.73 Å². The predicted molar refractivity (Wildman–Crippen MR) is 97.0 cm³/mol. The Hall–Kier alpha value is -1.92. The van der Waals surface area contributed by atoms with Crippen molar-refractivity contribution in [2.75, 3.05) is 18.8 Å². The van der Waals surface area contributed by atoms with Gasteiger partial charge >= 0.3 is 0 Å². The van der Waals surface area contributed by atoms with E-state index in [0.717, 1.165) is 23.5 Å². The third-order valence-corrected chi connectivity index (χ3v) is 6.33. The number of piperidine rings is 3. The zero-order valence-electron chi connectivity index (χ0n) is 13.7. The number of amides is 1. The molecule has 5 nitrogen and oxygen atoms in total. The summed E-state index contributed by atoms with van der Waals surface area (Å²) in [6.07, 6.45) is 4.09. The number of para-hydroxylation sites is 1. The van der Waals surface area contributed by atoms with Crippen LogP contribution in [0.15, 0.2) is 30.5 Å². The molecular formula is C18H22N4OS. The maximum Gasteiger partial charge on any atom is 0.280 e. The number of nitrogens with two attached hydrogens (primary N) is 1. The van der Waals surface area contributed by atoms with Crippen LogP contribution in [0.4, 0.5) is 5.69 Å². The molecule has 1 aromatic heterocycles. The lowest BCUT2D eigenvalue weighted by molar-refractivity contribution is 0.0274. The molecule has 4 heterocycles. The molecule has 1 aromatic carbocycles. The van der Waals surface area contributed by atoms with E-state index in [1.807, 2.05) is 24.3 Å². The second-order valence-electron chi connectivity index (χ2n) is 6.83. The zero-order chi connectivity index (χ0) is 16.7. The molecule has 1 amide bonds. The van der Waals surface area contributed by atoms with Crippen molar-refractivity contribution in [1.29, 1.82) is 0 Å². The first-order chi connectivity index (χ1) is 11.6. The van der Waals surface area contributed by atoms with Crippen LogP contribution in [0, 0.1) is 5.92 Å². The minimum atomic E-state index is -0.0628. The van der Waals surface area contributed by atoms with Gasteiger partial charge in [0, 0.05) is 36.1 Å². The number of benzene rings is 1. The van der Waals surface area contributed by atoms with Gasteiger partial charge in [0.15, 0.2) is 5.01 Å². The molecule has 0 aliphatic carbocycles. The summed E-state index contributed by atoms with van der Waals surface area (Å²) >= 11 is 1.40. The number of hydrogen-bond donors (Lipinski definition) is 2. The monoisotopic (exact) mass is 342 g/mol. The summed E-state index contributed by atoms with van der Waals surface area (Å²) in [7, 11) is 0. The fourth-order valence-electron chi connectivity index (χ4n) is 3.91. The molecule has 0 saturated carbocycles. The molecule has 6 heteroatoms. The summed E-state index contributed by atoms with van der Waals surface area (Å²) in [5, 5.41) is 3.71. The van der Waals surface area contributed by atoms with Crippen molar-refractivity contribution in [2.24, 2.45) is 5.92 Å². The van der Waals surface area contributed by atoms with E-state index in [-0.39, 0.29) is 11.9 Å². The number of nitrogens with zero attached hydrogens (tertiary/aromatic N) is 2. The average Bonchev–Trinajstić information content (AvgIpc) is 3.06. The highest BCUT2D eigenvalue weighted by Gasteiger charge is 2.39. The van der Waals surface area contributed by atoms with Crippen molar-refractivity contribution in [3.63, 3.8) is 0 Å². The number of anilines is 1. The number of carbonyl (C=O) groups is 1. The standard InChI is InChI=1S/C18H22N4OS/c1-11-8-12-6-7-22(11)10-15(12)21-17(23)18-20-9-16(24-18)13-4-2-3-5-14(13)19/h2-5,9,11-12,15H,6-8,10,19H2,1H3,(H,21,23)/t11?,12?,15-/m0/s1. The van der Waals surface area contributed by atoms with Gasteiger partial charge in [0.1, 0.15) is 0 Å². The highest BCUT2D eigenvalue weighted by molar-refractivity contribution is 7.17. The van der Waals surface area contributed by atoms with Crippen molar-refractivity contribution in [3.8, 4) is 10.4 Å². The average molecular weight is 342 g/mol. The Labute approximate surface area is 145 Å². The summed E-state index contributed by atoms with van der Waals surface area (Å²) in [5.74, 6) is 0.533. The Kier molecular flexibility index (Phi) is 4.02. The van der Waals surface area contributed by atoms with Crippen LogP contribution in [0.1, 0.15) is 29.6 Å². The number of hydrogen-bond acceptors (Lipinski definition) is 5. The maximum absolute atomic E-state index is 12.6. The van der Waals surface area contributed by atoms with E-state index in [9.17, 15) is 4.79 Å². The second kappa shape index (κ2) is 6.18. The van der Waals surface area contributed by atoms with Crippen LogP contribution >= 0.6 is 11.3 Å². The molecule has 5 rings (SSSR count). The van der Waals surface area contributed by atoms with Crippen LogP contribution in [0.5, 0.6) is 0 Å². The van der Waals surface area contributed by atoms with Crippen LogP contribution in [0.25, 0.3) is 10.4 Å². The van der Waals surface area contributed by atoms with Gasteiger partial charge in [-0.05, 0) is 38.3 Å². The number of fused-ring (bicyclic) bond motifs is 3. The van der Waals surface area contributed by atoms with Crippen LogP contribution in [-0.4, -0.2) is 41.0 Å². The summed E-state index contributed by atoms with van der Waals surface area (Å²) in [5.41, 5.74) is 7.66. The smallest absolute Gasteiger partial charge is 0.280 e. The Balaban J connectivity index is 1.47. The van der Waals surface area contributed by atoms with Gasteiger partial charge in [-0.25, -0.2) is 4.98 Å². The van der Waals surface area contributed by atoms with Crippen molar-refractivity contribution in [2.45, 2.75) is 31.8 Å². The summed E-state index contributed by atoms with van der Waals surface area (Å²) < 4.78 is 0. The number of carbonyl (C=O) groups excluding carboxylic acids is 1. The predicted octanol–water partition coefficient (Wildman–Crippen LogP) is 2.60. The van der Waals surface area contributed by atoms with Gasteiger partial charge < -0.3 is 11.1 Å². The van der Waals surface area contributed by atoms with Crippen LogP contribution in [0.2, 0.25) is 0 Å². The number of nitrogen functional groups attached to an aromatic ring is 1. The largest absolute Gasteiger partial charge is 0.398 e. The minimum absolute atomic E-state index is 0.0628. The van der Waals surface area contributed by atoms with Gasteiger partial charge in [0.25, 0.3) is 5.91 Å². The topological polar surface area (TPSA) is 71.2 Å². The third-order valence-electron chi connectivity index (χ3n) is 5.30. The Morgan fingerprint density at radius 1 is 1.42 bits per heavy atom. The van der Waals surface area contributed by atoms with E-state index < -0.39 is 0 Å². The van der Waals surface area contributed by atoms with Gasteiger partial charge in [-0.2, -0.15) is 0 Å². The Bertz CT molecular complexity index is 759. The number of thiazole rings is 1. The molecule has 2 aromatic rings. The van der Waals surface area contributed by atoms with Crippen molar-refractivity contribution >= 4 is 22.9 Å². The van der Waals surface area contributed by atoms with Crippen molar-refractivity contribution < 1.29 is 4.79 Å². The van der Waals surface area contributed by atoms with Gasteiger partial charge in [0.05, 0.1) is 4.88 Å². The Morgan fingerprint density at radius 2 is 2.25 bits per heavy atom. The molecule has 3 unspecified atom stereocenters. The molecule has 2 bridgehead atoms. The van der Waals surface area contributed by atoms with Crippen molar-refractivity contribution in [3.05, 3.63) is 35.5 Å². The summed E-state index contributed by atoms with van der Waals surface area (Å²) in [6, 6.07) is 8.56. The van der Waals surface area contributed by atoms with E-state index in [2.05, 4.69) is 22.1 Å². The van der Waals surface area contributed by atoms with E-state index in [1.165, 1.54) is 24.2 Å². The van der Waals surface area contributed by atoms with Gasteiger partial charge in [-0.15, -0.1) is 11.3 Å². The molecule has 3 fully saturated rings. The minimum Gasteiger partial charge on any atom is -0.398 e. The highest BCUT2D eigenvalue weighted by atomic mass is 32.1. The normalized spacial score (nSPS) is 28.7. The van der Waals surface area contributed by atoms with Gasteiger partial charge in [-0.3, -0.25) is 9.69 Å². The fraction of sp³-hybridized carbons (Fsp3) is 0.444. The molecular weight excluding hydrogens is 320 g/mol. The molecule has 126 valence electrons. The number of nitrogens with one attached hydrogen (secondary N) is 1. The number of aromatic nitrogens is 1. The fourth-order valence-corrected chi connectivity index (χ4v) is 4.78. The third kappa shape index (κ3) is 2.80. The molecule has 3 saturated heterocycles. The molecule has 0 radical (unpaired) electrons. The van der Waals surface area contributed by atoms with Crippen LogP contribution < -0.4 is 11.1 Å². The first-order valence-electron chi connectivity index (χ1n) is 8.47. The first kappa shape index (κ1) is 15.6. The lowest BCUT2D eigenvalue weighted by atomic mass is 9.80. The maximum atomic E-state index is 12.6. The summed E-state index contributed by atoms with van der Waals surface area (Å²) in [4.78, 5) is 20.3. The second-order valence-corrected chi connectivity index (χ2v) is 7.86. The number of rotatable bonds is 3. The zero-order valence-corrected chi connectivity index (χ0v) is 14.6. The van der Waals surface area contributed by atoms with Crippen LogP contribution in [0.3, 0.4) is 0 Å². The van der Waals surface area contributed by atoms with E-state index in [1.54, 1.807) is 6.20 Å². The Morgan fingerprint density at radius 3 is 2.96 bits per heavy atom. The SMILES string of the molecule is CC1CC2CCN1C[C@@H]2NC(=O)c1ncc(-c2ccccc2N)s1. The van der Waals surface area contributed by atoms with E-state index >= 15 is 0 Å². The lowest BCUT2D eigenvalue weighted by Crippen LogP contribution is -2.60. The highest BCUT2D eigenvalue weighted by Crippen LogP contribution is 2.33. The van der Waals surface area contributed by atoms with E-state index in [0.29, 0.717) is 22.7 Å². The first-order valence-corrected chi connectivity index (χ1v) is 9.29. The molecule has 3 N–H and O–H groups in total. The van der Waals surface area contributed by atoms with Crippen molar-refractivity contribution in [1.82, 2.24) is 15.2 Å².